The molecule has 0 radical (unpaired) electrons. The van der Waals surface area contributed by atoms with Crippen LogP contribution in [-0.2, 0) is 6.54 Å². The van der Waals surface area contributed by atoms with Gasteiger partial charge in [-0.15, -0.1) is 11.3 Å². The van der Waals surface area contributed by atoms with Crippen LogP contribution in [0.3, 0.4) is 0 Å². The summed E-state index contributed by atoms with van der Waals surface area (Å²) in [6.07, 6.45) is 2.20. The van der Waals surface area contributed by atoms with E-state index >= 15 is 0 Å². The van der Waals surface area contributed by atoms with Crippen molar-refractivity contribution in [2.24, 2.45) is 4.99 Å². The van der Waals surface area contributed by atoms with Crippen molar-refractivity contribution in [2.75, 3.05) is 24.5 Å². The van der Waals surface area contributed by atoms with Gasteiger partial charge in [0.1, 0.15) is 6.54 Å². The minimum absolute atomic E-state index is 0.417. The van der Waals surface area contributed by atoms with E-state index < -0.39 is 0 Å². The number of nitrogens with zero attached hydrogens (tertiary/aromatic N) is 4. The molecule has 0 amide bonds. The molecule has 8 heteroatoms. The largest absolute Gasteiger partial charge is 0.363 e. The molecule has 2 aromatic rings. The van der Waals surface area contributed by atoms with Crippen molar-refractivity contribution in [1.82, 2.24) is 20.8 Å². The predicted molar refractivity (Wildman–Crippen MR) is 96.5 cm³/mol. The van der Waals surface area contributed by atoms with E-state index in [1.54, 1.807) is 6.92 Å². The minimum atomic E-state index is 0.417. The summed E-state index contributed by atoms with van der Waals surface area (Å²) in [4.78, 5) is 11.2. The number of piperidine rings is 1. The lowest BCUT2D eigenvalue weighted by atomic mass is 10.1. The SMILES string of the molecule is CCNC(=NCc1noc(C)n1)NC1CCN(c2cccs2)CC1. The standard InChI is InChI=1S/C16H24N6OS/c1-3-17-16(18-11-14-19-12(2)23-21-14)20-13-6-8-22(9-7-13)15-5-4-10-24-15/h4-5,10,13H,3,6-9,11H2,1-2H3,(H2,17,18,20). The number of aryl methyl sites for hydroxylation is 1. The van der Waals surface area contributed by atoms with Gasteiger partial charge in [0.2, 0.25) is 5.89 Å². The molecule has 0 bridgehead atoms. The van der Waals surface area contributed by atoms with Crippen molar-refractivity contribution in [2.45, 2.75) is 39.3 Å². The average molecular weight is 348 g/mol. The molecule has 0 atom stereocenters. The molecule has 1 aliphatic heterocycles. The molecule has 0 spiro atoms. The van der Waals surface area contributed by atoms with E-state index in [0.29, 0.717) is 24.3 Å². The minimum Gasteiger partial charge on any atom is -0.363 e. The lowest BCUT2D eigenvalue weighted by molar-refractivity contribution is 0.387. The van der Waals surface area contributed by atoms with Gasteiger partial charge in [-0.1, -0.05) is 5.16 Å². The molecule has 130 valence electrons. The highest BCUT2D eigenvalue weighted by atomic mass is 32.1. The maximum Gasteiger partial charge on any atom is 0.223 e. The molecular weight excluding hydrogens is 324 g/mol. The van der Waals surface area contributed by atoms with Crippen LogP contribution in [0.1, 0.15) is 31.5 Å². The van der Waals surface area contributed by atoms with E-state index in [1.807, 2.05) is 11.3 Å². The summed E-state index contributed by atoms with van der Waals surface area (Å²) in [7, 11) is 0. The van der Waals surface area contributed by atoms with Crippen molar-refractivity contribution in [3.63, 3.8) is 0 Å². The van der Waals surface area contributed by atoms with Crippen LogP contribution in [0.2, 0.25) is 0 Å². The highest BCUT2D eigenvalue weighted by Gasteiger charge is 2.20. The Labute approximate surface area is 146 Å². The van der Waals surface area contributed by atoms with Gasteiger partial charge in [-0.2, -0.15) is 4.98 Å². The van der Waals surface area contributed by atoms with Crippen molar-refractivity contribution in [1.29, 1.82) is 0 Å². The number of hydrogen-bond acceptors (Lipinski definition) is 6. The summed E-state index contributed by atoms with van der Waals surface area (Å²) in [5.74, 6) is 1.99. The van der Waals surface area contributed by atoms with Crippen LogP contribution >= 0.6 is 11.3 Å². The summed E-state index contributed by atoms with van der Waals surface area (Å²) in [5.41, 5.74) is 0. The summed E-state index contributed by atoms with van der Waals surface area (Å²) in [5, 5.41) is 14.2. The van der Waals surface area contributed by atoms with E-state index in [9.17, 15) is 0 Å². The Morgan fingerprint density at radius 3 is 2.92 bits per heavy atom. The van der Waals surface area contributed by atoms with Crippen LogP contribution in [0, 0.1) is 6.92 Å². The highest BCUT2D eigenvalue weighted by Crippen LogP contribution is 2.24. The van der Waals surface area contributed by atoms with E-state index in [4.69, 9.17) is 4.52 Å². The normalized spacial score (nSPS) is 16.4. The maximum atomic E-state index is 4.98. The summed E-state index contributed by atoms with van der Waals surface area (Å²) < 4.78 is 4.98. The topological polar surface area (TPSA) is 78.6 Å². The Hall–Kier alpha value is -2.09. The van der Waals surface area contributed by atoms with Gasteiger partial charge in [0.05, 0.1) is 5.00 Å². The Balaban J connectivity index is 1.52. The third-order valence-electron chi connectivity index (χ3n) is 3.95. The number of aromatic nitrogens is 2. The van der Waals surface area contributed by atoms with E-state index in [-0.39, 0.29) is 0 Å². The molecule has 0 saturated carbocycles. The van der Waals surface area contributed by atoms with Crippen LogP contribution in [0.4, 0.5) is 5.00 Å². The number of anilines is 1. The second kappa shape index (κ2) is 8.14. The lowest BCUT2D eigenvalue weighted by Gasteiger charge is -2.33. The molecule has 1 fully saturated rings. The fourth-order valence-electron chi connectivity index (χ4n) is 2.76. The van der Waals surface area contributed by atoms with Crippen LogP contribution < -0.4 is 15.5 Å². The van der Waals surface area contributed by atoms with Crippen molar-refractivity contribution >= 4 is 22.3 Å². The van der Waals surface area contributed by atoms with Gasteiger partial charge in [0.15, 0.2) is 11.8 Å². The second-order valence-corrected chi connectivity index (χ2v) is 6.71. The number of rotatable bonds is 5. The number of hydrogen-bond donors (Lipinski definition) is 2. The van der Waals surface area contributed by atoms with Crippen LogP contribution in [0.5, 0.6) is 0 Å². The molecule has 0 aliphatic carbocycles. The fourth-order valence-corrected chi connectivity index (χ4v) is 3.55. The Kier molecular flexibility index (Phi) is 5.68. The van der Waals surface area contributed by atoms with Gasteiger partial charge in [0.25, 0.3) is 0 Å². The summed E-state index contributed by atoms with van der Waals surface area (Å²) >= 11 is 1.81. The Morgan fingerprint density at radius 2 is 2.29 bits per heavy atom. The summed E-state index contributed by atoms with van der Waals surface area (Å²) in [6, 6.07) is 4.74. The van der Waals surface area contributed by atoms with E-state index in [2.05, 4.69) is 55.1 Å². The number of aliphatic imine (C=N–C) groups is 1. The predicted octanol–water partition coefficient (Wildman–Crippen LogP) is 2.16. The summed E-state index contributed by atoms with van der Waals surface area (Å²) in [6.45, 7) is 7.23. The highest BCUT2D eigenvalue weighted by molar-refractivity contribution is 7.14. The van der Waals surface area contributed by atoms with Crippen molar-refractivity contribution < 1.29 is 4.52 Å². The van der Waals surface area contributed by atoms with Gasteiger partial charge >= 0.3 is 0 Å². The lowest BCUT2D eigenvalue weighted by Crippen LogP contribution is -2.48. The molecule has 0 unspecified atom stereocenters. The van der Waals surface area contributed by atoms with Gasteiger partial charge in [-0.25, -0.2) is 4.99 Å². The Morgan fingerprint density at radius 1 is 1.46 bits per heavy atom. The monoisotopic (exact) mass is 348 g/mol. The molecule has 2 N–H and O–H groups in total. The first-order chi connectivity index (χ1) is 11.7. The number of nitrogens with one attached hydrogen (secondary N) is 2. The molecular formula is C16H24N6OS. The van der Waals surface area contributed by atoms with E-state index in [0.717, 1.165) is 38.4 Å². The van der Waals surface area contributed by atoms with Gasteiger partial charge < -0.3 is 20.1 Å². The first-order valence-corrected chi connectivity index (χ1v) is 9.25. The zero-order valence-corrected chi connectivity index (χ0v) is 15.0. The molecule has 0 aromatic carbocycles. The third-order valence-corrected chi connectivity index (χ3v) is 4.88. The molecule has 3 rings (SSSR count). The van der Waals surface area contributed by atoms with Crippen molar-refractivity contribution in [3.8, 4) is 0 Å². The van der Waals surface area contributed by atoms with Gasteiger partial charge in [-0.05, 0) is 37.3 Å². The van der Waals surface area contributed by atoms with Crippen molar-refractivity contribution in [3.05, 3.63) is 29.2 Å². The average Bonchev–Trinajstić information content (AvgIpc) is 3.25. The Bertz CT molecular complexity index is 645. The molecule has 24 heavy (non-hydrogen) atoms. The first-order valence-electron chi connectivity index (χ1n) is 8.37. The van der Waals surface area contributed by atoms with Gasteiger partial charge in [0, 0.05) is 32.6 Å². The fraction of sp³-hybridized carbons (Fsp3) is 0.562. The first kappa shape index (κ1) is 16.8. The molecule has 1 aliphatic rings. The van der Waals surface area contributed by atoms with Crippen LogP contribution in [0.25, 0.3) is 0 Å². The second-order valence-electron chi connectivity index (χ2n) is 5.78. The quantitative estimate of drug-likeness (QED) is 0.637. The van der Waals surface area contributed by atoms with E-state index in [1.165, 1.54) is 5.00 Å². The molecule has 2 aromatic heterocycles. The third kappa shape index (κ3) is 4.47. The molecule has 1 saturated heterocycles. The van der Waals surface area contributed by atoms with Crippen LogP contribution in [0.15, 0.2) is 27.0 Å². The number of thiophene rings is 1. The zero-order chi connectivity index (χ0) is 16.8. The molecule has 7 nitrogen and oxygen atoms in total. The maximum absolute atomic E-state index is 4.98. The smallest absolute Gasteiger partial charge is 0.223 e. The number of guanidine groups is 1. The van der Waals surface area contributed by atoms with Gasteiger partial charge in [-0.3, -0.25) is 0 Å². The zero-order valence-electron chi connectivity index (χ0n) is 14.2. The van der Waals surface area contributed by atoms with Crippen LogP contribution in [-0.4, -0.2) is 41.8 Å². The molecule has 3 heterocycles.